The second-order valence-electron chi connectivity index (χ2n) is 2.68. The Hall–Kier alpha value is -0.510. The van der Waals surface area contributed by atoms with Crippen LogP contribution in [0.4, 0.5) is 13.2 Å². The summed E-state index contributed by atoms with van der Waals surface area (Å²) in [6.07, 6.45) is -4.43. The molecule has 4 heteroatoms. The van der Waals surface area contributed by atoms with Crippen LogP contribution in [-0.2, 0) is 0 Å². The van der Waals surface area contributed by atoms with Crippen LogP contribution in [0, 0.1) is 0 Å². The van der Waals surface area contributed by atoms with E-state index in [4.69, 9.17) is 5.11 Å². The maximum absolute atomic E-state index is 11.9. The zero-order chi connectivity index (χ0) is 9.78. The molecule has 72 valence electrons. The summed E-state index contributed by atoms with van der Waals surface area (Å²) in [5, 5.41) is 8.96. The van der Waals surface area contributed by atoms with Gasteiger partial charge in [0.25, 0.3) is 0 Å². The van der Waals surface area contributed by atoms with Gasteiger partial charge in [0.1, 0.15) is 0 Å². The summed E-state index contributed by atoms with van der Waals surface area (Å²) < 4.78 is 35.6. The number of alkyl halides is 3. The first-order valence-electron chi connectivity index (χ1n) is 3.83. The largest absolute Gasteiger partial charge is 0.414 e. The van der Waals surface area contributed by atoms with Crippen LogP contribution in [0.3, 0.4) is 0 Å². The number of aliphatic hydroxyl groups is 1. The third-order valence-electron chi connectivity index (χ3n) is 1.60. The summed E-state index contributed by atoms with van der Waals surface area (Å²) in [5.41, 5.74) is -1.05. The fourth-order valence-electron chi connectivity index (χ4n) is 0.761. The normalized spacial score (nSPS) is 14.4. The highest BCUT2D eigenvalue weighted by Crippen LogP contribution is 2.28. The van der Waals surface area contributed by atoms with Gasteiger partial charge in [0, 0.05) is 0 Å². The van der Waals surface area contributed by atoms with E-state index in [1.54, 1.807) is 0 Å². The number of halogens is 3. The number of aliphatic hydroxyl groups excluding tert-OH is 1. The molecular formula is C8H13F3O. The lowest BCUT2D eigenvalue weighted by molar-refractivity contribution is -0.105. The molecule has 0 rings (SSSR count). The Kier molecular flexibility index (Phi) is 4.31. The van der Waals surface area contributed by atoms with E-state index in [9.17, 15) is 13.2 Å². The van der Waals surface area contributed by atoms with Crippen molar-refractivity contribution in [2.45, 2.75) is 38.5 Å². The zero-order valence-corrected chi connectivity index (χ0v) is 6.99. The highest BCUT2D eigenvalue weighted by molar-refractivity contribution is 5.08. The SMILES string of the molecule is C=C(C(O)CCCC)C(F)(F)F. The molecule has 1 atom stereocenters. The van der Waals surface area contributed by atoms with Crippen LogP contribution in [0.1, 0.15) is 26.2 Å². The second kappa shape index (κ2) is 4.50. The Morgan fingerprint density at radius 1 is 1.50 bits per heavy atom. The maximum Gasteiger partial charge on any atom is 0.414 e. The molecule has 0 aliphatic rings. The van der Waals surface area contributed by atoms with Gasteiger partial charge in [0.2, 0.25) is 0 Å². The van der Waals surface area contributed by atoms with Crippen molar-refractivity contribution in [3.63, 3.8) is 0 Å². The first-order valence-corrected chi connectivity index (χ1v) is 3.83. The van der Waals surface area contributed by atoms with E-state index in [1.165, 1.54) is 0 Å². The minimum Gasteiger partial charge on any atom is -0.388 e. The molecule has 0 spiro atoms. The molecule has 0 aliphatic carbocycles. The molecule has 0 aromatic carbocycles. The number of rotatable bonds is 4. The maximum atomic E-state index is 11.9. The Morgan fingerprint density at radius 3 is 2.33 bits per heavy atom. The number of hydrogen-bond acceptors (Lipinski definition) is 1. The molecule has 0 radical (unpaired) electrons. The van der Waals surface area contributed by atoms with Crippen LogP contribution in [0.5, 0.6) is 0 Å². The molecule has 1 nitrogen and oxygen atoms in total. The zero-order valence-electron chi connectivity index (χ0n) is 6.99. The smallest absolute Gasteiger partial charge is 0.388 e. The van der Waals surface area contributed by atoms with Gasteiger partial charge in [-0.3, -0.25) is 0 Å². The molecular weight excluding hydrogens is 169 g/mol. The van der Waals surface area contributed by atoms with Crippen molar-refractivity contribution in [1.29, 1.82) is 0 Å². The average molecular weight is 182 g/mol. The van der Waals surface area contributed by atoms with Crippen molar-refractivity contribution in [3.8, 4) is 0 Å². The molecule has 0 aliphatic heterocycles. The van der Waals surface area contributed by atoms with Gasteiger partial charge in [-0.25, -0.2) is 0 Å². The van der Waals surface area contributed by atoms with Crippen molar-refractivity contribution >= 4 is 0 Å². The van der Waals surface area contributed by atoms with E-state index in [1.807, 2.05) is 6.92 Å². The molecule has 0 amide bonds. The lowest BCUT2D eigenvalue weighted by Gasteiger charge is -2.15. The van der Waals surface area contributed by atoms with Gasteiger partial charge in [-0.05, 0) is 6.42 Å². The summed E-state index contributed by atoms with van der Waals surface area (Å²) in [4.78, 5) is 0. The van der Waals surface area contributed by atoms with Gasteiger partial charge < -0.3 is 5.11 Å². The second-order valence-corrected chi connectivity index (χ2v) is 2.68. The molecule has 0 aromatic rings. The molecule has 0 aromatic heterocycles. The third kappa shape index (κ3) is 3.76. The number of hydrogen-bond donors (Lipinski definition) is 1. The molecule has 0 heterocycles. The first kappa shape index (κ1) is 11.5. The fourth-order valence-corrected chi connectivity index (χ4v) is 0.761. The molecule has 1 N–H and O–H groups in total. The Balaban J connectivity index is 3.94. The summed E-state index contributed by atoms with van der Waals surface area (Å²) in [5.74, 6) is 0. The van der Waals surface area contributed by atoms with Crippen molar-refractivity contribution in [1.82, 2.24) is 0 Å². The average Bonchev–Trinajstić information content (AvgIpc) is 1.97. The highest BCUT2D eigenvalue weighted by atomic mass is 19.4. The predicted molar refractivity (Wildman–Crippen MR) is 40.7 cm³/mol. The molecule has 0 bridgehead atoms. The standard InChI is InChI=1S/C8H13F3O/c1-3-4-5-7(12)6(2)8(9,10)11/h7,12H,2-5H2,1H3. The van der Waals surface area contributed by atoms with Gasteiger partial charge in [-0.15, -0.1) is 0 Å². The summed E-state index contributed by atoms with van der Waals surface area (Å²) in [7, 11) is 0. The van der Waals surface area contributed by atoms with Gasteiger partial charge >= 0.3 is 6.18 Å². The Labute approximate surface area is 69.9 Å². The van der Waals surface area contributed by atoms with Gasteiger partial charge in [0.05, 0.1) is 11.7 Å². The predicted octanol–water partition coefficient (Wildman–Crippen LogP) is 2.66. The van der Waals surface area contributed by atoms with Gasteiger partial charge in [-0.2, -0.15) is 13.2 Å². The van der Waals surface area contributed by atoms with Crippen LogP contribution in [0.15, 0.2) is 12.2 Å². The fraction of sp³-hybridized carbons (Fsp3) is 0.750. The van der Waals surface area contributed by atoms with E-state index in [-0.39, 0.29) is 6.42 Å². The summed E-state index contributed by atoms with van der Waals surface area (Å²) in [6.45, 7) is 4.65. The van der Waals surface area contributed by atoms with E-state index in [2.05, 4.69) is 6.58 Å². The highest BCUT2D eigenvalue weighted by Gasteiger charge is 2.35. The molecule has 12 heavy (non-hydrogen) atoms. The van der Waals surface area contributed by atoms with E-state index in [0.29, 0.717) is 6.42 Å². The van der Waals surface area contributed by atoms with Gasteiger partial charge in [0.15, 0.2) is 0 Å². The van der Waals surface area contributed by atoms with Crippen molar-refractivity contribution in [2.75, 3.05) is 0 Å². The van der Waals surface area contributed by atoms with Crippen molar-refractivity contribution in [3.05, 3.63) is 12.2 Å². The summed E-state index contributed by atoms with van der Waals surface area (Å²) >= 11 is 0. The first-order chi connectivity index (χ1) is 5.39. The lowest BCUT2D eigenvalue weighted by atomic mass is 10.1. The van der Waals surface area contributed by atoms with Crippen molar-refractivity contribution in [2.24, 2.45) is 0 Å². The van der Waals surface area contributed by atoms with Crippen LogP contribution >= 0.6 is 0 Å². The van der Waals surface area contributed by atoms with E-state index < -0.39 is 17.9 Å². The van der Waals surface area contributed by atoms with E-state index in [0.717, 1.165) is 6.42 Å². The Bertz CT molecular complexity index is 151. The molecule has 1 unspecified atom stereocenters. The lowest BCUT2D eigenvalue weighted by Crippen LogP contribution is -2.22. The third-order valence-corrected chi connectivity index (χ3v) is 1.60. The quantitative estimate of drug-likeness (QED) is 0.662. The Morgan fingerprint density at radius 2 is 2.00 bits per heavy atom. The van der Waals surface area contributed by atoms with Crippen molar-refractivity contribution < 1.29 is 18.3 Å². The molecule has 0 saturated heterocycles. The monoisotopic (exact) mass is 182 g/mol. The minimum atomic E-state index is -4.47. The van der Waals surface area contributed by atoms with Crippen LogP contribution in [-0.4, -0.2) is 17.4 Å². The number of unbranched alkanes of at least 4 members (excludes halogenated alkanes) is 1. The molecule has 0 saturated carbocycles. The van der Waals surface area contributed by atoms with Crippen LogP contribution in [0.25, 0.3) is 0 Å². The topological polar surface area (TPSA) is 20.2 Å². The molecule has 0 fully saturated rings. The van der Waals surface area contributed by atoms with Crippen LogP contribution < -0.4 is 0 Å². The minimum absolute atomic E-state index is 0.134. The van der Waals surface area contributed by atoms with E-state index >= 15 is 0 Å². The van der Waals surface area contributed by atoms with Crippen LogP contribution in [0.2, 0.25) is 0 Å². The summed E-state index contributed by atoms with van der Waals surface area (Å²) in [6, 6.07) is 0. The van der Waals surface area contributed by atoms with Gasteiger partial charge in [-0.1, -0.05) is 26.3 Å².